The van der Waals surface area contributed by atoms with Crippen molar-refractivity contribution in [1.29, 1.82) is 0 Å². The minimum absolute atomic E-state index is 0.0439. The van der Waals surface area contributed by atoms with Crippen LogP contribution in [0.3, 0.4) is 0 Å². The van der Waals surface area contributed by atoms with Crippen LogP contribution >= 0.6 is 0 Å². The molecule has 0 bridgehead atoms. The zero-order valence-electron chi connectivity index (χ0n) is 18.7. The van der Waals surface area contributed by atoms with Crippen LogP contribution in [0.1, 0.15) is 81.9 Å². The van der Waals surface area contributed by atoms with Gasteiger partial charge in [0.1, 0.15) is 11.5 Å². The van der Waals surface area contributed by atoms with Crippen molar-refractivity contribution in [3.63, 3.8) is 0 Å². The van der Waals surface area contributed by atoms with Crippen molar-refractivity contribution in [1.82, 2.24) is 0 Å². The van der Waals surface area contributed by atoms with Gasteiger partial charge in [-0.15, -0.1) is 0 Å². The molecule has 0 saturated heterocycles. The van der Waals surface area contributed by atoms with Crippen molar-refractivity contribution >= 4 is 0 Å². The van der Waals surface area contributed by atoms with E-state index in [1.807, 2.05) is 13.0 Å². The Morgan fingerprint density at radius 3 is 1.72 bits per heavy atom. The predicted molar refractivity (Wildman–Crippen MR) is 123 cm³/mol. The van der Waals surface area contributed by atoms with Crippen LogP contribution in [0.5, 0.6) is 11.5 Å². The largest absolute Gasteiger partial charge is 0.507 e. The van der Waals surface area contributed by atoms with E-state index < -0.39 is 0 Å². The molecule has 0 fully saturated rings. The first kappa shape index (κ1) is 21.5. The molecule has 0 heterocycles. The summed E-state index contributed by atoms with van der Waals surface area (Å²) in [5.74, 6) is 1.03. The summed E-state index contributed by atoms with van der Waals surface area (Å²) in [7, 11) is 0. The molecule has 0 amide bonds. The fourth-order valence-electron chi connectivity index (χ4n) is 5.38. The Kier molecular flexibility index (Phi) is 6.12. The van der Waals surface area contributed by atoms with Gasteiger partial charge < -0.3 is 10.2 Å². The average Bonchev–Trinajstić information content (AvgIpc) is 2.61. The van der Waals surface area contributed by atoms with Crippen LogP contribution in [0.25, 0.3) is 0 Å². The lowest BCUT2D eigenvalue weighted by molar-refractivity contribution is 0.394. The quantitative estimate of drug-likeness (QED) is 0.523. The molecule has 0 radical (unpaired) electrons. The van der Waals surface area contributed by atoms with Crippen LogP contribution in [0.15, 0.2) is 53.7 Å². The maximum absolute atomic E-state index is 11.5. The van der Waals surface area contributed by atoms with Crippen LogP contribution in [0.2, 0.25) is 0 Å². The molecule has 4 atom stereocenters. The van der Waals surface area contributed by atoms with Crippen molar-refractivity contribution < 1.29 is 10.2 Å². The lowest BCUT2D eigenvalue weighted by Crippen LogP contribution is -2.20. The maximum atomic E-state index is 11.5. The van der Waals surface area contributed by atoms with Crippen LogP contribution in [-0.4, -0.2) is 10.2 Å². The number of aryl methyl sites for hydroxylation is 1. The third kappa shape index (κ3) is 4.08. The molecular formula is C27H36O2. The van der Waals surface area contributed by atoms with Crippen molar-refractivity contribution in [2.75, 3.05) is 0 Å². The SMILES string of the molecule is C=C(C)[C@H]1CCC(C)=CC1c1c(C)cc(O)c(C2C=C(C)CC[C@H]2C(=C)C)c1O. The molecular weight excluding hydrogens is 356 g/mol. The third-order valence-corrected chi connectivity index (χ3v) is 6.99. The Balaban J connectivity index is 2.21. The number of aromatic hydroxyl groups is 2. The van der Waals surface area contributed by atoms with Crippen molar-refractivity contribution in [2.45, 2.75) is 72.1 Å². The molecule has 2 heteroatoms. The van der Waals surface area contributed by atoms with Gasteiger partial charge in [-0.05, 0) is 83.8 Å². The summed E-state index contributed by atoms with van der Waals surface area (Å²) in [4.78, 5) is 0. The Morgan fingerprint density at radius 1 is 0.828 bits per heavy atom. The smallest absolute Gasteiger partial charge is 0.127 e. The minimum atomic E-state index is -0.0439. The van der Waals surface area contributed by atoms with E-state index in [9.17, 15) is 10.2 Å². The van der Waals surface area contributed by atoms with E-state index in [1.165, 1.54) is 11.1 Å². The summed E-state index contributed by atoms with van der Waals surface area (Å²) in [5.41, 5.74) is 7.47. The fourth-order valence-corrected chi connectivity index (χ4v) is 5.38. The summed E-state index contributed by atoms with van der Waals surface area (Å²) in [6, 6.07) is 1.84. The number of hydrogen-bond acceptors (Lipinski definition) is 2. The molecule has 1 aromatic rings. The van der Waals surface area contributed by atoms with Gasteiger partial charge in [-0.2, -0.15) is 0 Å². The van der Waals surface area contributed by atoms with Crippen LogP contribution in [0.4, 0.5) is 0 Å². The van der Waals surface area contributed by atoms with Gasteiger partial charge in [0, 0.05) is 23.0 Å². The van der Waals surface area contributed by atoms with Gasteiger partial charge >= 0.3 is 0 Å². The topological polar surface area (TPSA) is 40.5 Å². The molecule has 2 aliphatic rings. The van der Waals surface area contributed by atoms with Crippen LogP contribution in [-0.2, 0) is 0 Å². The predicted octanol–water partition coefficient (Wildman–Crippen LogP) is 7.44. The Hall–Kier alpha value is -2.22. The van der Waals surface area contributed by atoms with Crippen LogP contribution in [0, 0.1) is 18.8 Å². The minimum Gasteiger partial charge on any atom is -0.507 e. The zero-order valence-corrected chi connectivity index (χ0v) is 18.7. The zero-order chi connectivity index (χ0) is 21.5. The van der Waals surface area contributed by atoms with Crippen LogP contribution < -0.4 is 0 Å². The van der Waals surface area contributed by atoms with Gasteiger partial charge in [0.15, 0.2) is 0 Å². The number of rotatable bonds is 4. The molecule has 0 aromatic heterocycles. The second-order valence-electron chi connectivity index (χ2n) is 9.45. The van der Waals surface area contributed by atoms with Gasteiger partial charge in [0.05, 0.1) is 0 Å². The lowest BCUT2D eigenvalue weighted by atomic mass is 9.70. The summed E-state index contributed by atoms with van der Waals surface area (Å²) < 4.78 is 0. The number of hydrogen-bond donors (Lipinski definition) is 2. The van der Waals surface area contributed by atoms with Gasteiger partial charge in [0.25, 0.3) is 0 Å². The van der Waals surface area contributed by atoms with E-state index >= 15 is 0 Å². The van der Waals surface area contributed by atoms with E-state index in [0.717, 1.165) is 48.0 Å². The fraction of sp³-hybridized carbons (Fsp3) is 0.481. The summed E-state index contributed by atoms with van der Waals surface area (Å²) in [6.45, 7) is 18.9. The first-order chi connectivity index (χ1) is 13.6. The van der Waals surface area contributed by atoms with Gasteiger partial charge in [-0.3, -0.25) is 0 Å². The average molecular weight is 393 g/mol. The lowest BCUT2D eigenvalue weighted by Gasteiger charge is -2.35. The second kappa shape index (κ2) is 8.26. The monoisotopic (exact) mass is 392 g/mol. The number of benzene rings is 1. The standard InChI is InChI=1S/C27H36O2/c1-15(2)20-10-8-17(5)12-22(20)25-19(7)14-24(28)26(27(25)29)23-13-18(6)9-11-21(23)16(3)4/h12-14,20-23,28-29H,1,3,8-11H2,2,4-7H3/t20-,21+,22?,23?/m1/s1. The van der Waals surface area contributed by atoms with Gasteiger partial charge in [-0.1, -0.05) is 47.6 Å². The highest BCUT2D eigenvalue weighted by atomic mass is 16.3. The maximum Gasteiger partial charge on any atom is 0.127 e. The van der Waals surface area contributed by atoms with E-state index in [2.05, 4.69) is 53.0 Å². The first-order valence-electron chi connectivity index (χ1n) is 10.8. The number of allylic oxidation sites excluding steroid dienone is 6. The molecule has 2 N–H and O–H groups in total. The molecule has 0 saturated carbocycles. The van der Waals surface area contributed by atoms with Gasteiger partial charge in [-0.25, -0.2) is 0 Å². The van der Waals surface area contributed by atoms with E-state index in [4.69, 9.17) is 0 Å². The molecule has 3 rings (SSSR count). The highest BCUT2D eigenvalue weighted by Crippen LogP contribution is 2.51. The Morgan fingerprint density at radius 2 is 1.28 bits per heavy atom. The van der Waals surface area contributed by atoms with Gasteiger partial charge in [0.2, 0.25) is 0 Å². The third-order valence-electron chi connectivity index (χ3n) is 6.99. The Labute approximate surface area is 176 Å². The van der Waals surface area contributed by atoms with Crippen molar-refractivity contribution in [3.05, 3.63) is 70.4 Å². The molecule has 0 aliphatic heterocycles. The normalized spacial score (nSPS) is 27.2. The van der Waals surface area contributed by atoms with E-state index in [0.29, 0.717) is 11.5 Å². The molecule has 2 unspecified atom stereocenters. The number of phenolic OH excluding ortho intramolecular Hbond substituents is 2. The second-order valence-corrected chi connectivity index (χ2v) is 9.45. The van der Waals surface area contributed by atoms with Crippen molar-refractivity contribution in [3.8, 4) is 11.5 Å². The summed E-state index contributed by atoms with van der Waals surface area (Å²) in [5, 5.41) is 22.5. The highest BCUT2D eigenvalue weighted by Gasteiger charge is 2.35. The molecule has 1 aromatic carbocycles. The number of phenols is 2. The molecule has 29 heavy (non-hydrogen) atoms. The highest BCUT2D eigenvalue weighted by molar-refractivity contribution is 5.59. The van der Waals surface area contributed by atoms with E-state index in [1.54, 1.807) is 0 Å². The molecule has 2 aliphatic carbocycles. The summed E-state index contributed by atoms with van der Waals surface area (Å²) in [6.07, 6.45) is 8.67. The van der Waals surface area contributed by atoms with E-state index in [-0.39, 0.29) is 29.3 Å². The Bertz CT molecular complexity index is 829. The van der Waals surface area contributed by atoms with Crippen molar-refractivity contribution in [2.24, 2.45) is 11.8 Å². The summed E-state index contributed by atoms with van der Waals surface area (Å²) >= 11 is 0. The molecule has 2 nitrogen and oxygen atoms in total. The first-order valence-corrected chi connectivity index (χ1v) is 10.8. The molecule has 0 spiro atoms. The molecule has 156 valence electrons.